The van der Waals surface area contributed by atoms with E-state index in [1.54, 1.807) is 19.1 Å². The molecule has 9 nitrogen and oxygen atoms in total. The molecule has 142 valence electrons. The molecule has 1 aromatic rings. The Morgan fingerprint density at radius 2 is 1.96 bits per heavy atom. The zero-order valence-electron chi connectivity index (χ0n) is 14.8. The summed E-state index contributed by atoms with van der Waals surface area (Å²) in [5.74, 6) is -2.25. The first-order valence-electron chi connectivity index (χ1n) is 8.79. The molecular formula is C18H20N4O5. The summed E-state index contributed by atoms with van der Waals surface area (Å²) >= 11 is 0. The lowest BCUT2D eigenvalue weighted by molar-refractivity contribution is -0.136. The van der Waals surface area contributed by atoms with Crippen LogP contribution in [-0.4, -0.2) is 53.6 Å². The van der Waals surface area contributed by atoms with Crippen molar-refractivity contribution < 1.29 is 24.0 Å². The Labute approximate surface area is 155 Å². The molecule has 2 heterocycles. The minimum Gasteiger partial charge on any atom is -0.383 e. The van der Waals surface area contributed by atoms with E-state index >= 15 is 0 Å². The van der Waals surface area contributed by atoms with Crippen molar-refractivity contribution in [3.8, 4) is 0 Å². The molecule has 2 aliphatic rings. The monoisotopic (exact) mass is 372 g/mol. The summed E-state index contributed by atoms with van der Waals surface area (Å²) < 4.78 is 0. The highest BCUT2D eigenvalue weighted by atomic mass is 16.2. The molecule has 9 heteroatoms. The summed E-state index contributed by atoms with van der Waals surface area (Å²) in [4.78, 5) is 61.2. The van der Waals surface area contributed by atoms with Crippen LogP contribution in [0.1, 0.15) is 46.9 Å². The highest BCUT2D eigenvalue weighted by Crippen LogP contribution is 2.32. The van der Waals surface area contributed by atoms with Gasteiger partial charge in [-0.05, 0) is 18.6 Å². The van der Waals surface area contributed by atoms with Gasteiger partial charge in [-0.1, -0.05) is 13.0 Å². The Hall–Kier alpha value is -3.23. The van der Waals surface area contributed by atoms with Crippen LogP contribution in [0.3, 0.4) is 0 Å². The third-order valence-corrected chi connectivity index (χ3v) is 4.55. The molecule has 1 unspecified atom stereocenters. The Balaban J connectivity index is 1.77. The molecule has 1 fully saturated rings. The number of rotatable bonds is 6. The number of nitrogens with zero attached hydrogens (tertiary/aromatic N) is 1. The number of imide groups is 2. The minimum atomic E-state index is -0.994. The number of benzene rings is 1. The molecule has 0 radical (unpaired) electrons. The fourth-order valence-corrected chi connectivity index (χ4v) is 3.19. The van der Waals surface area contributed by atoms with E-state index in [2.05, 4.69) is 16.0 Å². The average Bonchev–Trinajstić information content (AvgIpc) is 2.90. The summed E-state index contributed by atoms with van der Waals surface area (Å²) in [5.41, 5.74) is 0.882. The second-order valence-electron chi connectivity index (χ2n) is 6.31. The van der Waals surface area contributed by atoms with E-state index in [1.807, 2.05) is 0 Å². The van der Waals surface area contributed by atoms with Gasteiger partial charge in [0.2, 0.25) is 17.7 Å². The second-order valence-corrected chi connectivity index (χ2v) is 6.31. The van der Waals surface area contributed by atoms with E-state index in [9.17, 15) is 24.0 Å². The Morgan fingerprint density at radius 1 is 1.19 bits per heavy atom. The summed E-state index contributed by atoms with van der Waals surface area (Å²) in [6.07, 6.45) is 0.572. The summed E-state index contributed by atoms with van der Waals surface area (Å²) in [6.45, 7) is 2.50. The van der Waals surface area contributed by atoms with Crippen molar-refractivity contribution in [2.75, 3.05) is 18.4 Å². The van der Waals surface area contributed by atoms with Crippen LogP contribution in [0, 0.1) is 0 Å². The van der Waals surface area contributed by atoms with Crippen molar-refractivity contribution in [1.82, 2.24) is 15.5 Å². The molecule has 0 spiro atoms. The molecule has 0 aromatic heterocycles. The topological polar surface area (TPSA) is 125 Å². The third kappa shape index (κ3) is 3.53. The third-order valence-electron chi connectivity index (χ3n) is 4.55. The van der Waals surface area contributed by atoms with Gasteiger partial charge in [0.05, 0.1) is 11.1 Å². The van der Waals surface area contributed by atoms with Crippen LogP contribution in [0.15, 0.2) is 18.2 Å². The summed E-state index contributed by atoms with van der Waals surface area (Å²) in [5, 5.41) is 7.93. The van der Waals surface area contributed by atoms with Crippen molar-refractivity contribution in [3.05, 3.63) is 29.3 Å². The van der Waals surface area contributed by atoms with Crippen molar-refractivity contribution in [2.24, 2.45) is 0 Å². The number of amides is 5. The zero-order valence-corrected chi connectivity index (χ0v) is 14.8. The summed E-state index contributed by atoms with van der Waals surface area (Å²) in [7, 11) is 0. The first-order chi connectivity index (χ1) is 12.9. The van der Waals surface area contributed by atoms with Crippen LogP contribution < -0.4 is 16.0 Å². The van der Waals surface area contributed by atoms with Crippen LogP contribution in [0.5, 0.6) is 0 Å². The minimum absolute atomic E-state index is 0.0754. The van der Waals surface area contributed by atoms with E-state index in [0.29, 0.717) is 25.2 Å². The van der Waals surface area contributed by atoms with E-state index < -0.39 is 29.7 Å². The number of piperidine rings is 1. The van der Waals surface area contributed by atoms with Crippen LogP contribution in [-0.2, 0) is 14.4 Å². The van der Waals surface area contributed by atoms with Crippen molar-refractivity contribution in [1.29, 1.82) is 0 Å². The van der Waals surface area contributed by atoms with Gasteiger partial charge in [0, 0.05) is 31.6 Å². The first kappa shape index (κ1) is 18.6. The van der Waals surface area contributed by atoms with Crippen molar-refractivity contribution in [3.63, 3.8) is 0 Å². The largest absolute Gasteiger partial charge is 0.383 e. The number of hydrogen-bond acceptors (Lipinski definition) is 6. The number of carbonyl (C=O) groups excluding carboxylic acids is 5. The standard InChI is InChI=1S/C18H20N4O5/c1-2-13(23)20-9-8-19-11-5-3-4-10-15(11)18(27)22(17(10)26)12-6-7-14(24)21-16(12)25/h3-5,12,19H,2,6-9H2,1H3,(H,20,23)(H,21,24,25). The van der Waals surface area contributed by atoms with Gasteiger partial charge in [0.25, 0.3) is 11.8 Å². The lowest BCUT2D eigenvalue weighted by Gasteiger charge is -2.27. The fourth-order valence-electron chi connectivity index (χ4n) is 3.19. The van der Waals surface area contributed by atoms with E-state index in [4.69, 9.17) is 0 Å². The molecule has 5 amide bonds. The van der Waals surface area contributed by atoms with Gasteiger partial charge >= 0.3 is 0 Å². The number of carbonyl (C=O) groups is 5. The lowest BCUT2D eigenvalue weighted by Crippen LogP contribution is -2.54. The van der Waals surface area contributed by atoms with Crippen molar-refractivity contribution >= 4 is 35.2 Å². The molecule has 27 heavy (non-hydrogen) atoms. The smallest absolute Gasteiger partial charge is 0.264 e. The van der Waals surface area contributed by atoms with Gasteiger partial charge in [0.15, 0.2) is 0 Å². The molecular weight excluding hydrogens is 352 g/mol. The van der Waals surface area contributed by atoms with Crippen molar-refractivity contribution in [2.45, 2.75) is 32.2 Å². The number of fused-ring (bicyclic) bond motifs is 1. The normalized spacial score (nSPS) is 19.0. The van der Waals surface area contributed by atoms with Gasteiger partial charge in [-0.3, -0.25) is 34.2 Å². The molecule has 1 atom stereocenters. The molecule has 0 bridgehead atoms. The molecule has 1 aromatic carbocycles. The van der Waals surface area contributed by atoms with Gasteiger partial charge in [-0.15, -0.1) is 0 Å². The maximum Gasteiger partial charge on any atom is 0.264 e. The van der Waals surface area contributed by atoms with Gasteiger partial charge in [0.1, 0.15) is 6.04 Å². The SMILES string of the molecule is CCC(=O)NCCNc1cccc2c1C(=O)N(C1CCC(=O)NC1=O)C2=O. The maximum absolute atomic E-state index is 12.9. The number of nitrogens with one attached hydrogen (secondary N) is 3. The maximum atomic E-state index is 12.9. The molecule has 3 rings (SSSR count). The number of anilines is 1. The molecule has 0 aliphatic carbocycles. The average molecular weight is 372 g/mol. The predicted molar refractivity (Wildman–Crippen MR) is 94.9 cm³/mol. The van der Waals surface area contributed by atoms with E-state index in [1.165, 1.54) is 6.07 Å². The summed E-state index contributed by atoms with van der Waals surface area (Å²) in [6, 6.07) is 3.85. The van der Waals surface area contributed by atoms with Crippen LogP contribution >= 0.6 is 0 Å². The zero-order chi connectivity index (χ0) is 19.6. The molecule has 1 saturated heterocycles. The predicted octanol–water partition coefficient (Wildman–Crippen LogP) is 0.0259. The lowest BCUT2D eigenvalue weighted by atomic mass is 10.0. The second kappa shape index (κ2) is 7.56. The van der Waals surface area contributed by atoms with Gasteiger partial charge < -0.3 is 10.6 Å². The molecule has 3 N–H and O–H groups in total. The van der Waals surface area contributed by atoms with Gasteiger partial charge in [-0.25, -0.2) is 0 Å². The quantitative estimate of drug-likeness (QED) is 0.478. The number of hydrogen-bond donors (Lipinski definition) is 3. The Morgan fingerprint density at radius 3 is 2.67 bits per heavy atom. The fraction of sp³-hybridized carbons (Fsp3) is 0.389. The van der Waals surface area contributed by atoms with E-state index in [-0.39, 0.29) is 29.9 Å². The van der Waals surface area contributed by atoms with E-state index in [0.717, 1.165) is 4.90 Å². The molecule has 0 saturated carbocycles. The van der Waals surface area contributed by atoms with Crippen LogP contribution in [0.4, 0.5) is 5.69 Å². The highest BCUT2D eigenvalue weighted by molar-refractivity contribution is 6.25. The van der Waals surface area contributed by atoms with Crippen LogP contribution in [0.25, 0.3) is 0 Å². The first-order valence-corrected chi connectivity index (χ1v) is 8.79. The highest BCUT2D eigenvalue weighted by Gasteiger charge is 2.45. The Bertz CT molecular complexity index is 835. The Kier molecular flexibility index (Phi) is 5.20. The van der Waals surface area contributed by atoms with Gasteiger partial charge in [-0.2, -0.15) is 0 Å². The van der Waals surface area contributed by atoms with Crippen LogP contribution in [0.2, 0.25) is 0 Å². The molecule has 2 aliphatic heterocycles.